The number of rotatable bonds is 4. The predicted octanol–water partition coefficient (Wildman–Crippen LogP) is 2.76. The molecule has 1 aromatic heterocycles. The van der Waals surface area contributed by atoms with Gasteiger partial charge in [-0.15, -0.1) is 0 Å². The summed E-state index contributed by atoms with van der Waals surface area (Å²) in [6.45, 7) is 6.99. The van der Waals surface area contributed by atoms with E-state index in [0.717, 1.165) is 19.0 Å². The topological polar surface area (TPSA) is 44.0 Å². The van der Waals surface area contributed by atoms with Gasteiger partial charge in [0.15, 0.2) is 0 Å². The van der Waals surface area contributed by atoms with Crippen molar-refractivity contribution in [2.45, 2.75) is 57.4 Å². The van der Waals surface area contributed by atoms with Gasteiger partial charge >= 0.3 is 0 Å². The first-order valence-corrected chi connectivity index (χ1v) is 8.82. The van der Waals surface area contributed by atoms with Gasteiger partial charge in [0, 0.05) is 50.5 Å². The monoisotopic (exact) mass is 290 g/mol. The van der Waals surface area contributed by atoms with Crippen LogP contribution in [-0.4, -0.2) is 47.1 Å². The number of imidazole rings is 1. The van der Waals surface area contributed by atoms with E-state index in [1.54, 1.807) is 0 Å². The van der Waals surface area contributed by atoms with Crippen LogP contribution in [0, 0.1) is 5.92 Å². The number of H-pyrrole nitrogens is 1. The minimum absolute atomic E-state index is 0.595. The van der Waals surface area contributed by atoms with E-state index in [4.69, 9.17) is 0 Å². The molecule has 1 aliphatic heterocycles. The predicted molar refractivity (Wildman–Crippen MR) is 86.4 cm³/mol. The molecule has 1 aromatic rings. The molecule has 2 aliphatic rings. The number of hydrogen-bond donors (Lipinski definition) is 2. The molecule has 1 saturated heterocycles. The number of nitrogens with zero attached hydrogens (tertiary/aromatic N) is 2. The van der Waals surface area contributed by atoms with Gasteiger partial charge in [-0.25, -0.2) is 4.98 Å². The fraction of sp³-hybridized carbons (Fsp3) is 0.824. The Kier molecular flexibility index (Phi) is 5.31. The number of aromatic amines is 1. The second-order valence-electron chi connectivity index (χ2n) is 6.76. The van der Waals surface area contributed by atoms with Crippen molar-refractivity contribution in [3.8, 4) is 0 Å². The standard InChI is InChI=1S/C17H30N4/c1-2-4-14-5-3-6-16(21-11-9-18-10-12-21)15(13-14)17-19-7-8-20-17/h7-8,14-16,18H,2-6,9-13H2,1H3,(H,19,20). The molecule has 21 heavy (non-hydrogen) atoms. The van der Waals surface area contributed by atoms with Gasteiger partial charge in [-0.2, -0.15) is 0 Å². The highest BCUT2D eigenvalue weighted by Gasteiger charge is 2.34. The lowest BCUT2D eigenvalue weighted by Crippen LogP contribution is -2.50. The normalized spacial score (nSPS) is 32.0. The Bertz CT molecular complexity index is 397. The van der Waals surface area contributed by atoms with Crippen molar-refractivity contribution >= 4 is 0 Å². The van der Waals surface area contributed by atoms with E-state index < -0.39 is 0 Å². The van der Waals surface area contributed by atoms with Crippen LogP contribution in [0.1, 0.15) is 57.2 Å². The molecule has 0 aromatic carbocycles. The molecule has 0 radical (unpaired) electrons. The summed E-state index contributed by atoms with van der Waals surface area (Å²) in [6, 6.07) is 0.681. The van der Waals surface area contributed by atoms with Crippen molar-refractivity contribution < 1.29 is 0 Å². The van der Waals surface area contributed by atoms with Gasteiger partial charge in [0.2, 0.25) is 0 Å². The number of aromatic nitrogens is 2. The second-order valence-corrected chi connectivity index (χ2v) is 6.76. The molecular weight excluding hydrogens is 260 g/mol. The number of piperazine rings is 1. The van der Waals surface area contributed by atoms with Crippen molar-refractivity contribution in [1.82, 2.24) is 20.2 Å². The van der Waals surface area contributed by atoms with Crippen molar-refractivity contribution in [3.05, 3.63) is 18.2 Å². The van der Waals surface area contributed by atoms with Crippen molar-refractivity contribution in [2.75, 3.05) is 26.2 Å². The maximum absolute atomic E-state index is 4.62. The molecule has 2 heterocycles. The molecule has 0 spiro atoms. The lowest BCUT2D eigenvalue weighted by molar-refractivity contribution is 0.138. The first-order chi connectivity index (χ1) is 10.4. The van der Waals surface area contributed by atoms with E-state index >= 15 is 0 Å². The molecule has 3 unspecified atom stereocenters. The average Bonchev–Trinajstić information content (AvgIpc) is 2.97. The van der Waals surface area contributed by atoms with Gasteiger partial charge in [-0.3, -0.25) is 4.90 Å². The van der Waals surface area contributed by atoms with Crippen LogP contribution in [0.3, 0.4) is 0 Å². The summed E-state index contributed by atoms with van der Waals surface area (Å²) >= 11 is 0. The summed E-state index contributed by atoms with van der Waals surface area (Å²) in [5, 5.41) is 3.48. The minimum atomic E-state index is 0.595. The highest BCUT2D eigenvalue weighted by atomic mass is 15.2. The van der Waals surface area contributed by atoms with Gasteiger partial charge in [-0.05, 0) is 18.8 Å². The molecule has 3 rings (SSSR count). The molecule has 2 fully saturated rings. The highest BCUT2D eigenvalue weighted by molar-refractivity contribution is 5.05. The maximum Gasteiger partial charge on any atom is 0.110 e. The molecule has 4 nitrogen and oxygen atoms in total. The fourth-order valence-electron chi connectivity index (χ4n) is 4.35. The summed E-state index contributed by atoms with van der Waals surface area (Å²) < 4.78 is 0. The summed E-state index contributed by atoms with van der Waals surface area (Å²) in [6.07, 6.45) is 12.1. The van der Waals surface area contributed by atoms with Gasteiger partial charge in [0.05, 0.1) is 0 Å². The zero-order valence-corrected chi connectivity index (χ0v) is 13.4. The number of hydrogen-bond acceptors (Lipinski definition) is 3. The third-order valence-electron chi connectivity index (χ3n) is 5.35. The van der Waals surface area contributed by atoms with Gasteiger partial charge < -0.3 is 10.3 Å². The molecule has 118 valence electrons. The van der Waals surface area contributed by atoms with Crippen LogP contribution in [0.2, 0.25) is 0 Å². The lowest BCUT2D eigenvalue weighted by Gasteiger charge is -2.38. The van der Waals surface area contributed by atoms with Crippen molar-refractivity contribution in [1.29, 1.82) is 0 Å². The quantitative estimate of drug-likeness (QED) is 0.838. The summed E-state index contributed by atoms with van der Waals surface area (Å²) in [5.41, 5.74) is 0. The third kappa shape index (κ3) is 3.67. The van der Waals surface area contributed by atoms with E-state index in [2.05, 4.69) is 27.1 Å². The minimum Gasteiger partial charge on any atom is -0.348 e. The zero-order valence-electron chi connectivity index (χ0n) is 13.4. The Morgan fingerprint density at radius 2 is 2.14 bits per heavy atom. The molecule has 0 amide bonds. The van der Waals surface area contributed by atoms with Crippen molar-refractivity contribution in [2.24, 2.45) is 5.92 Å². The maximum atomic E-state index is 4.62. The Morgan fingerprint density at radius 3 is 2.86 bits per heavy atom. The van der Waals surface area contributed by atoms with Crippen LogP contribution < -0.4 is 5.32 Å². The van der Waals surface area contributed by atoms with Crippen molar-refractivity contribution in [3.63, 3.8) is 0 Å². The zero-order chi connectivity index (χ0) is 14.5. The molecule has 1 aliphatic carbocycles. The largest absolute Gasteiger partial charge is 0.348 e. The lowest BCUT2D eigenvalue weighted by atomic mass is 9.86. The van der Waals surface area contributed by atoms with E-state index in [-0.39, 0.29) is 0 Å². The van der Waals surface area contributed by atoms with Gasteiger partial charge in [-0.1, -0.05) is 32.6 Å². The Hall–Kier alpha value is -0.870. The smallest absolute Gasteiger partial charge is 0.110 e. The van der Waals surface area contributed by atoms with Crippen LogP contribution in [0.15, 0.2) is 12.4 Å². The van der Waals surface area contributed by atoms with E-state index in [1.165, 1.54) is 57.4 Å². The first-order valence-electron chi connectivity index (χ1n) is 8.82. The van der Waals surface area contributed by atoms with Crippen LogP contribution >= 0.6 is 0 Å². The molecule has 3 atom stereocenters. The Morgan fingerprint density at radius 1 is 1.29 bits per heavy atom. The molecule has 1 saturated carbocycles. The molecular formula is C17H30N4. The van der Waals surface area contributed by atoms with E-state index in [9.17, 15) is 0 Å². The first kappa shape index (κ1) is 15.0. The Balaban J connectivity index is 1.78. The van der Waals surface area contributed by atoms with Crippen LogP contribution in [0.25, 0.3) is 0 Å². The van der Waals surface area contributed by atoms with Crippen LogP contribution in [0.5, 0.6) is 0 Å². The summed E-state index contributed by atoms with van der Waals surface area (Å²) in [7, 11) is 0. The van der Waals surface area contributed by atoms with E-state index in [0.29, 0.717) is 12.0 Å². The molecule has 0 bridgehead atoms. The molecule has 2 N–H and O–H groups in total. The Labute approximate surface area is 128 Å². The molecule has 4 heteroatoms. The number of nitrogens with one attached hydrogen (secondary N) is 2. The summed E-state index contributed by atoms with van der Waals surface area (Å²) in [5.74, 6) is 2.71. The average molecular weight is 290 g/mol. The van der Waals surface area contributed by atoms with Crippen LogP contribution in [0.4, 0.5) is 0 Å². The third-order valence-corrected chi connectivity index (χ3v) is 5.35. The van der Waals surface area contributed by atoms with Gasteiger partial charge in [0.25, 0.3) is 0 Å². The van der Waals surface area contributed by atoms with Crippen LogP contribution in [-0.2, 0) is 0 Å². The SMILES string of the molecule is CCCC1CCCC(N2CCNCC2)C(c2ncc[nH]2)C1. The second kappa shape index (κ2) is 7.41. The van der Waals surface area contributed by atoms with E-state index in [1.807, 2.05) is 12.4 Å². The fourth-order valence-corrected chi connectivity index (χ4v) is 4.35. The van der Waals surface area contributed by atoms with Gasteiger partial charge in [0.1, 0.15) is 5.82 Å². The highest BCUT2D eigenvalue weighted by Crippen LogP contribution is 2.38. The summed E-state index contributed by atoms with van der Waals surface area (Å²) in [4.78, 5) is 10.8.